The van der Waals surface area contributed by atoms with Gasteiger partial charge in [-0.05, 0) is 62.9 Å². The van der Waals surface area contributed by atoms with Crippen LogP contribution < -0.4 is 9.47 Å². The molecule has 1 aromatic heterocycles. The van der Waals surface area contributed by atoms with Gasteiger partial charge in [0.2, 0.25) is 0 Å². The number of nitriles is 1. The highest BCUT2D eigenvalue weighted by molar-refractivity contribution is 5.71. The van der Waals surface area contributed by atoms with Gasteiger partial charge in [0, 0.05) is 29.1 Å². The molecule has 0 aliphatic heterocycles. The Labute approximate surface area is 206 Å². The highest BCUT2D eigenvalue weighted by Gasteiger charge is 2.16. The van der Waals surface area contributed by atoms with Crippen LogP contribution in [0.4, 0.5) is 0 Å². The summed E-state index contributed by atoms with van der Waals surface area (Å²) in [5, 5.41) is 18.8. The fourth-order valence-electron chi connectivity index (χ4n) is 3.88. The number of benzene rings is 2. The number of aromatic nitrogens is 2. The molecule has 1 N–H and O–H groups in total. The third-order valence-electron chi connectivity index (χ3n) is 5.74. The fraction of sp³-hybridized carbons (Fsp3) is 0.357. The van der Waals surface area contributed by atoms with Crippen LogP contribution in [0.15, 0.2) is 48.8 Å². The van der Waals surface area contributed by atoms with E-state index in [4.69, 9.17) is 9.47 Å². The molecule has 3 aromatic rings. The molecule has 0 fully saturated rings. The molecule has 0 radical (unpaired) electrons. The molecule has 1 atom stereocenters. The van der Waals surface area contributed by atoms with Gasteiger partial charge < -0.3 is 14.6 Å². The Morgan fingerprint density at radius 3 is 2.43 bits per heavy atom. The lowest BCUT2D eigenvalue weighted by Gasteiger charge is -2.16. The maximum atomic E-state index is 11.3. The van der Waals surface area contributed by atoms with E-state index < -0.39 is 11.9 Å². The Bertz CT molecular complexity index is 1200. The van der Waals surface area contributed by atoms with Crippen molar-refractivity contribution in [1.82, 2.24) is 9.97 Å². The lowest BCUT2D eigenvalue weighted by Crippen LogP contribution is -2.16. The minimum absolute atomic E-state index is 0.0266. The molecule has 0 amide bonds. The van der Waals surface area contributed by atoms with E-state index in [9.17, 15) is 15.2 Å². The maximum absolute atomic E-state index is 11.3. The van der Waals surface area contributed by atoms with E-state index >= 15 is 0 Å². The number of carboxylic acid groups (broad SMARTS) is 1. The first-order valence-corrected chi connectivity index (χ1v) is 11.9. The summed E-state index contributed by atoms with van der Waals surface area (Å²) >= 11 is 0. The maximum Gasteiger partial charge on any atom is 0.306 e. The van der Waals surface area contributed by atoms with Gasteiger partial charge in [-0.1, -0.05) is 26.0 Å². The molecular weight excluding hydrogens is 442 g/mol. The molecule has 0 bridgehead atoms. The van der Waals surface area contributed by atoms with E-state index in [1.807, 2.05) is 45.0 Å². The van der Waals surface area contributed by atoms with E-state index in [-0.39, 0.29) is 6.10 Å². The van der Waals surface area contributed by atoms with Crippen LogP contribution in [0.3, 0.4) is 0 Å². The Morgan fingerprint density at radius 2 is 1.83 bits per heavy atom. The van der Waals surface area contributed by atoms with Gasteiger partial charge >= 0.3 is 5.97 Å². The van der Waals surface area contributed by atoms with Gasteiger partial charge in [0.05, 0.1) is 24.2 Å². The van der Waals surface area contributed by atoms with Crippen molar-refractivity contribution < 1.29 is 19.4 Å². The van der Waals surface area contributed by atoms with Crippen molar-refractivity contribution in [3.63, 3.8) is 0 Å². The number of carbonyl (C=O) groups is 1. The van der Waals surface area contributed by atoms with Crippen LogP contribution in [-0.4, -0.2) is 33.8 Å². The lowest BCUT2D eigenvalue weighted by molar-refractivity contribution is -0.142. The molecular formula is C28H31N3O4. The van der Waals surface area contributed by atoms with Gasteiger partial charge in [0.1, 0.15) is 17.6 Å². The Balaban J connectivity index is 1.82. The van der Waals surface area contributed by atoms with Crippen molar-refractivity contribution >= 4 is 5.97 Å². The number of aliphatic carboxylic acids is 1. The van der Waals surface area contributed by atoms with Gasteiger partial charge in [0.15, 0.2) is 5.82 Å². The second-order valence-corrected chi connectivity index (χ2v) is 8.50. The Kier molecular flexibility index (Phi) is 8.80. The molecule has 7 heteroatoms. The highest BCUT2D eigenvalue weighted by Crippen LogP contribution is 2.32. The third-order valence-corrected chi connectivity index (χ3v) is 5.74. The average Bonchev–Trinajstić information content (AvgIpc) is 2.86. The van der Waals surface area contributed by atoms with Crippen molar-refractivity contribution in [3.05, 3.63) is 59.9 Å². The van der Waals surface area contributed by atoms with Gasteiger partial charge in [-0.25, -0.2) is 9.97 Å². The van der Waals surface area contributed by atoms with Crippen LogP contribution in [0.25, 0.3) is 22.5 Å². The quantitative estimate of drug-likeness (QED) is 0.369. The smallest absolute Gasteiger partial charge is 0.306 e. The average molecular weight is 474 g/mol. The topological polar surface area (TPSA) is 105 Å². The number of carboxylic acids is 1. The first-order chi connectivity index (χ1) is 16.9. The van der Waals surface area contributed by atoms with Crippen molar-refractivity contribution in [2.45, 2.75) is 53.1 Å². The van der Waals surface area contributed by atoms with Crippen LogP contribution in [0.5, 0.6) is 11.5 Å². The van der Waals surface area contributed by atoms with Crippen molar-refractivity contribution in [3.8, 4) is 40.1 Å². The van der Waals surface area contributed by atoms with Gasteiger partial charge in [-0.2, -0.15) is 5.26 Å². The van der Waals surface area contributed by atoms with Gasteiger partial charge in [-0.15, -0.1) is 0 Å². The largest absolute Gasteiger partial charge is 0.493 e. The number of rotatable bonds is 11. The summed E-state index contributed by atoms with van der Waals surface area (Å²) < 4.78 is 11.7. The summed E-state index contributed by atoms with van der Waals surface area (Å²) in [4.78, 5) is 20.4. The number of hydrogen-bond acceptors (Lipinski definition) is 6. The predicted octanol–water partition coefficient (Wildman–Crippen LogP) is 5.91. The standard InChI is InChI=1S/C28H31N3O4/c1-5-19(28(32)33)12-13-34-26-9-7-8-24(23(26)6-2)22-16-30-27(31-17-22)20-10-11-25(35-18(3)4)21(14-20)15-29/h7-11,14,16-19H,5-6,12-13H2,1-4H3,(H,32,33). The second kappa shape index (κ2) is 12.0. The second-order valence-electron chi connectivity index (χ2n) is 8.50. The summed E-state index contributed by atoms with van der Waals surface area (Å²) in [6, 6.07) is 13.4. The molecule has 1 heterocycles. The zero-order valence-corrected chi connectivity index (χ0v) is 20.6. The normalized spacial score (nSPS) is 11.7. The lowest BCUT2D eigenvalue weighted by atomic mass is 9.99. The van der Waals surface area contributed by atoms with Crippen LogP contribution in [0.1, 0.15) is 51.7 Å². The monoisotopic (exact) mass is 473 g/mol. The van der Waals surface area contributed by atoms with Crippen molar-refractivity contribution in [2.75, 3.05) is 6.61 Å². The van der Waals surface area contributed by atoms with Crippen molar-refractivity contribution in [2.24, 2.45) is 5.92 Å². The number of nitrogens with zero attached hydrogens (tertiary/aromatic N) is 3. The first-order valence-electron chi connectivity index (χ1n) is 11.9. The summed E-state index contributed by atoms with van der Waals surface area (Å²) in [5.41, 5.74) is 4.03. The SMILES string of the molecule is CCc1c(OCCC(CC)C(=O)O)cccc1-c1cnc(-c2ccc(OC(C)C)c(C#N)c2)nc1. The molecule has 0 saturated heterocycles. The first kappa shape index (κ1) is 25.7. The van der Waals surface area contributed by atoms with E-state index in [0.717, 1.165) is 34.4 Å². The van der Waals surface area contributed by atoms with Crippen LogP contribution in [0.2, 0.25) is 0 Å². The molecule has 0 spiro atoms. The molecule has 0 saturated carbocycles. The van der Waals surface area contributed by atoms with Crippen LogP contribution in [-0.2, 0) is 11.2 Å². The Morgan fingerprint density at radius 1 is 1.09 bits per heavy atom. The minimum atomic E-state index is -0.790. The zero-order chi connectivity index (χ0) is 25.4. The third kappa shape index (κ3) is 6.36. The van der Waals surface area contributed by atoms with E-state index in [0.29, 0.717) is 36.6 Å². The van der Waals surface area contributed by atoms with E-state index in [2.05, 4.69) is 23.0 Å². The molecule has 2 aromatic carbocycles. The zero-order valence-electron chi connectivity index (χ0n) is 20.6. The van der Waals surface area contributed by atoms with Crippen LogP contribution >= 0.6 is 0 Å². The summed E-state index contributed by atoms with van der Waals surface area (Å²) in [6.45, 7) is 8.10. The summed E-state index contributed by atoms with van der Waals surface area (Å²) in [5.74, 6) is 0.610. The molecule has 35 heavy (non-hydrogen) atoms. The van der Waals surface area contributed by atoms with Gasteiger partial charge in [0.25, 0.3) is 0 Å². The summed E-state index contributed by atoms with van der Waals surface area (Å²) in [7, 11) is 0. The molecule has 3 rings (SSSR count). The number of hydrogen-bond donors (Lipinski definition) is 1. The van der Waals surface area contributed by atoms with Gasteiger partial charge in [-0.3, -0.25) is 4.79 Å². The molecule has 0 aliphatic carbocycles. The molecule has 7 nitrogen and oxygen atoms in total. The Hall–Kier alpha value is -3.92. The minimum Gasteiger partial charge on any atom is -0.493 e. The molecule has 1 unspecified atom stereocenters. The van der Waals surface area contributed by atoms with Crippen molar-refractivity contribution in [1.29, 1.82) is 5.26 Å². The molecule has 182 valence electrons. The number of ether oxygens (including phenoxy) is 2. The summed E-state index contributed by atoms with van der Waals surface area (Å²) in [6.07, 6.45) is 5.29. The highest BCUT2D eigenvalue weighted by atomic mass is 16.5. The predicted molar refractivity (Wildman–Crippen MR) is 134 cm³/mol. The fourth-order valence-corrected chi connectivity index (χ4v) is 3.88. The van der Waals surface area contributed by atoms with E-state index in [1.54, 1.807) is 24.5 Å². The molecule has 0 aliphatic rings. The van der Waals surface area contributed by atoms with Crippen LogP contribution in [0, 0.1) is 17.2 Å². The van der Waals surface area contributed by atoms with E-state index in [1.165, 1.54) is 0 Å².